The molecule has 1 aliphatic heterocycles. The number of aryl methyl sites for hydroxylation is 2. The molecule has 0 radical (unpaired) electrons. The van der Waals surface area contributed by atoms with Crippen LogP contribution in [0.15, 0.2) is 29.5 Å². The van der Waals surface area contributed by atoms with Crippen LogP contribution >= 0.6 is 35.3 Å². The highest BCUT2D eigenvalue weighted by molar-refractivity contribution is 14.0. The van der Waals surface area contributed by atoms with E-state index in [2.05, 4.69) is 41.3 Å². The van der Waals surface area contributed by atoms with Crippen LogP contribution in [0.4, 0.5) is 0 Å². The molecule has 1 atom stereocenters. The molecule has 2 aromatic rings. The van der Waals surface area contributed by atoms with Gasteiger partial charge in [0.15, 0.2) is 5.96 Å². The van der Waals surface area contributed by atoms with Crippen LogP contribution in [0.5, 0.6) is 0 Å². The number of thiophene rings is 1. The van der Waals surface area contributed by atoms with Crippen molar-refractivity contribution in [1.82, 2.24) is 20.0 Å². The minimum absolute atomic E-state index is 0. The van der Waals surface area contributed by atoms with Crippen LogP contribution in [0, 0.1) is 0 Å². The number of morpholine rings is 1. The summed E-state index contributed by atoms with van der Waals surface area (Å²) in [5, 5.41) is 7.68. The molecule has 1 fully saturated rings. The summed E-state index contributed by atoms with van der Waals surface area (Å²) in [5.41, 5.74) is 1.12. The van der Waals surface area contributed by atoms with Crippen molar-refractivity contribution in [3.63, 3.8) is 0 Å². The lowest BCUT2D eigenvalue weighted by Crippen LogP contribution is -2.48. The molecule has 0 aliphatic carbocycles. The Morgan fingerprint density at radius 1 is 1.38 bits per heavy atom. The molecule has 144 valence electrons. The van der Waals surface area contributed by atoms with Gasteiger partial charge in [-0.1, -0.05) is 6.92 Å². The van der Waals surface area contributed by atoms with E-state index in [1.807, 2.05) is 35.5 Å². The first-order valence-corrected chi connectivity index (χ1v) is 9.72. The van der Waals surface area contributed by atoms with Crippen molar-refractivity contribution in [2.24, 2.45) is 12.0 Å². The van der Waals surface area contributed by atoms with Crippen LogP contribution in [-0.4, -0.2) is 46.9 Å². The van der Waals surface area contributed by atoms with Gasteiger partial charge in [-0.15, -0.1) is 35.3 Å². The first-order chi connectivity index (χ1) is 12.2. The molecule has 0 amide bonds. The molecule has 1 N–H and O–H groups in total. The predicted molar refractivity (Wildman–Crippen MR) is 117 cm³/mol. The Labute approximate surface area is 176 Å². The third kappa shape index (κ3) is 5.43. The Morgan fingerprint density at radius 2 is 2.19 bits per heavy atom. The van der Waals surface area contributed by atoms with Crippen LogP contribution in [0.3, 0.4) is 0 Å². The number of rotatable bonds is 5. The zero-order valence-corrected chi connectivity index (χ0v) is 18.8. The molecule has 0 aromatic carbocycles. The Kier molecular flexibility index (Phi) is 8.36. The van der Waals surface area contributed by atoms with E-state index in [1.54, 1.807) is 0 Å². The number of nitrogens with zero attached hydrogens (tertiary/aromatic N) is 4. The third-order valence-electron chi connectivity index (χ3n) is 4.25. The number of aliphatic imine (C=N–C) groups is 1. The zero-order valence-electron chi connectivity index (χ0n) is 15.6. The minimum atomic E-state index is 0. The van der Waals surface area contributed by atoms with Crippen molar-refractivity contribution < 1.29 is 4.74 Å². The van der Waals surface area contributed by atoms with Crippen LogP contribution in [0.1, 0.15) is 35.3 Å². The molecule has 2 aromatic heterocycles. The minimum Gasteiger partial charge on any atom is -0.370 e. The van der Waals surface area contributed by atoms with Gasteiger partial charge in [0.1, 0.15) is 6.10 Å². The van der Waals surface area contributed by atoms with E-state index in [1.165, 1.54) is 9.75 Å². The first-order valence-electron chi connectivity index (χ1n) is 8.90. The number of hydrogen-bond acceptors (Lipinski definition) is 4. The standard InChI is InChI=1S/C18H27N5OS.HI/c1-4-15-6-7-16(25-15)11-20-18(19-5-2)23-8-9-24-17(13-23)14-10-21-22(3)12-14;/h6-7,10,12,17H,4-5,8-9,11,13H2,1-3H3,(H,19,20);1H. The Bertz CT molecular complexity index is 714. The second kappa shape index (κ2) is 10.3. The molecule has 26 heavy (non-hydrogen) atoms. The van der Waals surface area contributed by atoms with Crippen LogP contribution in [0.25, 0.3) is 0 Å². The van der Waals surface area contributed by atoms with E-state index >= 15 is 0 Å². The third-order valence-corrected chi connectivity index (χ3v) is 5.46. The van der Waals surface area contributed by atoms with Crippen molar-refractivity contribution >= 4 is 41.3 Å². The van der Waals surface area contributed by atoms with Crippen molar-refractivity contribution in [1.29, 1.82) is 0 Å². The first kappa shape index (κ1) is 21.2. The summed E-state index contributed by atoms with van der Waals surface area (Å²) < 4.78 is 7.76. The summed E-state index contributed by atoms with van der Waals surface area (Å²) in [5.74, 6) is 0.964. The average Bonchev–Trinajstić information content (AvgIpc) is 3.27. The Morgan fingerprint density at radius 3 is 2.85 bits per heavy atom. The lowest BCUT2D eigenvalue weighted by molar-refractivity contribution is -0.00805. The fraction of sp³-hybridized carbons (Fsp3) is 0.556. The molecule has 1 unspecified atom stereocenters. The van der Waals surface area contributed by atoms with E-state index in [0.29, 0.717) is 6.61 Å². The van der Waals surface area contributed by atoms with Gasteiger partial charge >= 0.3 is 0 Å². The molecule has 3 rings (SSSR count). The van der Waals surface area contributed by atoms with Crippen LogP contribution < -0.4 is 5.32 Å². The average molecular weight is 489 g/mol. The molecule has 0 spiro atoms. The topological polar surface area (TPSA) is 54.7 Å². The largest absolute Gasteiger partial charge is 0.370 e. The van der Waals surface area contributed by atoms with Gasteiger partial charge < -0.3 is 15.0 Å². The van der Waals surface area contributed by atoms with Gasteiger partial charge in [0.05, 0.1) is 25.9 Å². The second-order valence-electron chi connectivity index (χ2n) is 6.14. The summed E-state index contributed by atoms with van der Waals surface area (Å²) in [7, 11) is 1.93. The van der Waals surface area contributed by atoms with E-state index in [9.17, 15) is 0 Å². The highest BCUT2D eigenvalue weighted by atomic mass is 127. The molecule has 0 bridgehead atoms. The second-order valence-corrected chi connectivity index (χ2v) is 7.40. The number of aromatic nitrogens is 2. The molecule has 3 heterocycles. The van der Waals surface area contributed by atoms with E-state index in [0.717, 1.165) is 44.1 Å². The monoisotopic (exact) mass is 489 g/mol. The lowest BCUT2D eigenvalue weighted by Gasteiger charge is -2.34. The maximum Gasteiger partial charge on any atom is 0.194 e. The van der Waals surface area contributed by atoms with E-state index in [-0.39, 0.29) is 30.1 Å². The summed E-state index contributed by atoms with van der Waals surface area (Å²) in [6, 6.07) is 4.39. The fourth-order valence-electron chi connectivity index (χ4n) is 2.93. The normalized spacial score (nSPS) is 17.9. The number of ether oxygens (including phenoxy) is 1. The number of nitrogens with one attached hydrogen (secondary N) is 1. The number of halogens is 1. The van der Waals surface area contributed by atoms with E-state index in [4.69, 9.17) is 9.73 Å². The SMILES string of the molecule is CCNC(=NCc1ccc(CC)s1)N1CCOC(c2cnn(C)c2)C1.I. The van der Waals surface area contributed by atoms with Crippen molar-refractivity contribution in [3.8, 4) is 0 Å². The van der Waals surface area contributed by atoms with Crippen LogP contribution in [-0.2, 0) is 24.8 Å². The van der Waals surface area contributed by atoms with Gasteiger partial charge in [-0.25, -0.2) is 4.99 Å². The summed E-state index contributed by atoms with van der Waals surface area (Å²) in [6.07, 6.45) is 5.04. The van der Waals surface area contributed by atoms with Gasteiger partial charge in [-0.05, 0) is 25.5 Å². The summed E-state index contributed by atoms with van der Waals surface area (Å²) in [6.45, 7) is 8.23. The Hall–Kier alpha value is -1.13. The van der Waals surface area contributed by atoms with Crippen molar-refractivity contribution in [3.05, 3.63) is 39.8 Å². The van der Waals surface area contributed by atoms with Crippen molar-refractivity contribution in [2.45, 2.75) is 32.9 Å². The zero-order chi connectivity index (χ0) is 17.6. The van der Waals surface area contributed by atoms with Gasteiger partial charge in [0, 0.05) is 41.7 Å². The highest BCUT2D eigenvalue weighted by Crippen LogP contribution is 2.22. The smallest absolute Gasteiger partial charge is 0.194 e. The maximum absolute atomic E-state index is 5.94. The van der Waals surface area contributed by atoms with Gasteiger partial charge in [0.25, 0.3) is 0 Å². The van der Waals surface area contributed by atoms with E-state index < -0.39 is 0 Å². The molecule has 6 nitrogen and oxygen atoms in total. The summed E-state index contributed by atoms with van der Waals surface area (Å²) >= 11 is 1.85. The predicted octanol–water partition coefficient (Wildman–Crippen LogP) is 3.20. The van der Waals surface area contributed by atoms with Gasteiger partial charge in [-0.2, -0.15) is 5.10 Å². The van der Waals surface area contributed by atoms with Gasteiger partial charge in [0.2, 0.25) is 0 Å². The molecular weight excluding hydrogens is 461 g/mol. The highest BCUT2D eigenvalue weighted by Gasteiger charge is 2.25. The van der Waals surface area contributed by atoms with Crippen LogP contribution in [0.2, 0.25) is 0 Å². The maximum atomic E-state index is 5.94. The van der Waals surface area contributed by atoms with Crippen molar-refractivity contribution in [2.75, 3.05) is 26.2 Å². The van der Waals surface area contributed by atoms with Gasteiger partial charge in [-0.3, -0.25) is 4.68 Å². The fourth-order valence-corrected chi connectivity index (χ4v) is 3.81. The molecule has 1 saturated heterocycles. The number of hydrogen-bond donors (Lipinski definition) is 1. The number of guanidine groups is 1. The molecule has 8 heteroatoms. The lowest BCUT2D eigenvalue weighted by atomic mass is 10.1. The summed E-state index contributed by atoms with van der Waals surface area (Å²) in [4.78, 5) is 9.87. The molecular formula is C18H28IN5OS. The molecule has 1 aliphatic rings. The Balaban J connectivity index is 0.00000243. The quantitative estimate of drug-likeness (QED) is 0.398. The molecule has 0 saturated carbocycles.